The highest BCUT2D eigenvalue weighted by Gasteiger charge is 2.19. The first-order valence-electron chi connectivity index (χ1n) is 6.65. The average Bonchev–Trinajstić information content (AvgIpc) is 2.83. The van der Waals surface area contributed by atoms with Crippen molar-refractivity contribution < 1.29 is 8.78 Å². The zero-order chi connectivity index (χ0) is 14.9. The van der Waals surface area contributed by atoms with Gasteiger partial charge in [0.25, 0.3) is 0 Å². The van der Waals surface area contributed by atoms with E-state index in [0.29, 0.717) is 24.0 Å². The van der Waals surface area contributed by atoms with Gasteiger partial charge in [-0.15, -0.1) is 0 Å². The van der Waals surface area contributed by atoms with Crippen LogP contribution < -0.4 is 5.73 Å². The van der Waals surface area contributed by atoms with Crippen LogP contribution in [-0.4, -0.2) is 16.5 Å². The predicted molar refractivity (Wildman–Crippen MR) is 75.3 cm³/mol. The number of benzene rings is 1. The maximum Gasteiger partial charge on any atom is 0.133 e. The molecule has 20 heavy (non-hydrogen) atoms. The van der Waals surface area contributed by atoms with E-state index in [1.165, 1.54) is 25.3 Å². The number of H-pyrrole nitrogens is 1. The molecule has 1 atom stereocenters. The summed E-state index contributed by atoms with van der Waals surface area (Å²) in [5.74, 6) is 0.198. The molecule has 1 aromatic carbocycles. The van der Waals surface area contributed by atoms with E-state index in [9.17, 15) is 8.78 Å². The van der Waals surface area contributed by atoms with Crippen molar-refractivity contribution in [2.45, 2.75) is 26.7 Å². The van der Waals surface area contributed by atoms with Crippen LogP contribution in [0.1, 0.15) is 31.2 Å². The molecule has 108 valence electrons. The lowest BCUT2D eigenvalue weighted by molar-refractivity contribution is 0.487. The molecule has 2 rings (SSSR count). The Morgan fingerprint density at radius 2 is 1.95 bits per heavy atom. The molecule has 3 N–H and O–H groups in total. The van der Waals surface area contributed by atoms with Gasteiger partial charge >= 0.3 is 0 Å². The van der Waals surface area contributed by atoms with E-state index in [0.717, 1.165) is 0 Å². The van der Waals surface area contributed by atoms with Gasteiger partial charge in [-0.25, -0.2) is 13.8 Å². The monoisotopic (exact) mass is 279 g/mol. The lowest BCUT2D eigenvalue weighted by atomic mass is 9.95. The topological polar surface area (TPSA) is 54.7 Å². The summed E-state index contributed by atoms with van der Waals surface area (Å²) in [6, 6.07) is 2.38. The summed E-state index contributed by atoms with van der Waals surface area (Å²) in [7, 11) is 0. The molecule has 1 heterocycles. The number of hydrogen-bond donors (Lipinski definition) is 2. The van der Waals surface area contributed by atoms with Crippen LogP contribution in [0.25, 0.3) is 11.3 Å². The van der Waals surface area contributed by atoms with Crippen molar-refractivity contribution in [3.05, 3.63) is 41.4 Å². The van der Waals surface area contributed by atoms with Gasteiger partial charge in [-0.2, -0.15) is 0 Å². The minimum atomic E-state index is -0.465. The molecular weight excluding hydrogens is 260 g/mol. The van der Waals surface area contributed by atoms with Crippen LogP contribution >= 0.6 is 0 Å². The molecule has 0 bridgehead atoms. The Morgan fingerprint density at radius 1 is 1.25 bits per heavy atom. The molecule has 0 aliphatic rings. The molecular formula is C15H19F2N3. The van der Waals surface area contributed by atoms with Gasteiger partial charge in [0, 0.05) is 18.0 Å². The lowest BCUT2D eigenvalue weighted by Gasteiger charge is -2.15. The third-order valence-corrected chi connectivity index (χ3v) is 3.54. The summed E-state index contributed by atoms with van der Waals surface area (Å²) in [4.78, 5) is 7.31. The van der Waals surface area contributed by atoms with Crippen LogP contribution in [0.5, 0.6) is 0 Å². The van der Waals surface area contributed by atoms with Crippen molar-refractivity contribution in [2.75, 3.05) is 6.54 Å². The van der Waals surface area contributed by atoms with Crippen LogP contribution in [0.3, 0.4) is 0 Å². The van der Waals surface area contributed by atoms with Crippen LogP contribution in [-0.2, 0) is 0 Å². The Labute approximate surface area is 117 Å². The van der Waals surface area contributed by atoms with Crippen molar-refractivity contribution >= 4 is 0 Å². The van der Waals surface area contributed by atoms with Gasteiger partial charge in [0.1, 0.15) is 17.5 Å². The first-order chi connectivity index (χ1) is 9.43. The normalized spacial score (nSPS) is 12.9. The van der Waals surface area contributed by atoms with E-state index in [2.05, 4.69) is 9.97 Å². The van der Waals surface area contributed by atoms with Gasteiger partial charge in [0.05, 0.1) is 11.9 Å². The number of aromatic nitrogens is 2. The van der Waals surface area contributed by atoms with E-state index in [1.54, 1.807) is 0 Å². The molecule has 2 aromatic rings. The van der Waals surface area contributed by atoms with E-state index in [1.807, 2.05) is 13.8 Å². The average molecular weight is 279 g/mol. The van der Waals surface area contributed by atoms with Crippen molar-refractivity contribution in [1.82, 2.24) is 9.97 Å². The number of nitrogens with zero attached hydrogens (tertiary/aromatic N) is 1. The maximum atomic E-state index is 13.9. The molecule has 0 fully saturated rings. The molecule has 0 saturated heterocycles. The van der Waals surface area contributed by atoms with E-state index < -0.39 is 11.6 Å². The summed E-state index contributed by atoms with van der Waals surface area (Å²) in [6.07, 6.45) is 1.52. The highest BCUT2D eigenvalue weighted by Crippen LogP contribution is 2.27. The minimum Gasteiger partial charge on any atom is -0.342 e. The van der Waals surface area contributed by atoms with Gasteiger partial charge in [-0.3, -0.25) is 0 Å². The van der Waals surface area contributed by atoms with Gasteiger partial charge < -0.3 is 10.7 Å². The Hall–Kier alpha value is -1.75. The molecule has 0 aliphatic carbocycles. The third-order valence-electron chi connectivity index (χ3n) is 3.54. The fourth-order valence-electron chi connectivity index (χ4n) is 2.21. The predicted octanol–water partition coefficient (Wildman–Crippen LogP) is 3.36. The number of imidazole rings is 1. The quantitative estimate of drug-likeness (QED) is 0.901. The standard InChI is InChI=1S/C15H19F2N3/c1-8(2)11(6-18)15-19-7-14(20-15)10-5-12(16)9(3)4-13(10)17/h4-5,7-8,11H,6,18H2,1-3H3,(H,19,20). The molecule has 5 heteroatoms. The Kier molecular flexibility index (Phi) is 4.18. The van der Waals surface area contributed by atoms with E-state index >= 15 is 0 Å². The molecule has 1 aromatic heterocycles. The largest absolute Gasteiger partial charge is 0.342 e. The smallest absolute Gasteiger partial charge is 0.133 e. The summed E-state index contributed by atoms with van der Waals surface area (Å²) in [5, 5.41) is 0. The Bertz CT molecular complexity index is 605. The van der Waals surface area contributed by atoms with Crippen LogP contribution in [0.4, 0.5) is 8.78 Å². The van der Waals surface area contributed by atoms with Crippen LogP contribution in [0.2, 0.25) is 0 Å². The number of nitrogens with two attached hydrogens (primary N) is 1. The van der Waals surface area contributed by atoms with Crippen LogP contribution in [0.15, 0.2) is 18.3 Å². The molecule has 0 spiro atoms. The Morgan fingerprint density at radius 3 is 2.55 bits per heavy atom. The summed E-state index contributed by atoms with van der Waals surface area (Å²) in [6.45, 7) is 6.08. The highest BCUT2D eigenvalue weighted by molar-refractivity contribution is 5.60. The van der Waals surface area contributed by atoms with Crippen molar-refractivity contribution in [3.63, 3.8) is 0 Å². The SMILES string of the molecule is Cc1cc(F)c(-c2cnc(C(CN)C(C)C)[nH]2)cc1F. The van der Waals surface area contributed by atoms with Crippen molar-refractivity contribution in [2.24, 2.45) is 11.7 Å². The lowest BCUT2D eigenvalue weighted by Crippen LogP contribution is -2.19. The minimum absolute atomic E-state index is 0.0714. The summed E-state index contributed by atoms with van der Waals surface area (Å²) >= 11 is 0. The summed E-state index contributed by atoms with van der Waals surface area (Å²) < 4.78 is 27.5. The van der Waals surface area contributed by atoms with Crippen molar-refractivity contribution in [1.29, 1.82) is 0 Å². The van der Waals surface area contributed by atoms with Gasteiger partial charge in [-0.1, -0.05) is 13.8 Å². The zero-order valence-electron chi connectivity index (χ0n) is 11.9. The molecule has 1 unspecified atom stereocenters. The maximum absolute atomic E-state index is 13.9. The Balaban J connectivity index is 2.41. The number of nitrogens with one attached hydrogen (secondary N) is 1. The number of hydrogen-bond acceptors (Lipinski definition) is 2. The number of aryl methyl sites for hydroxylation is 1. The molecule has 0 aliphatic heterocycles. The second kappa shape index (κ2) is 5.71. The first-order valence-corrected chi connectivity index (χ1v) is 6.65. The van der Waals surface area contributed by atoms with Crippen molar-refractivity contribution in [3.8, 4) is 11.3 Å². The van der Waals surface area contributed by atoms with Gasteiger partial charge in [-0.05, 0) is 30.5 Å². The molecule has 0 amide bonds. The molecule has 3 nitrogen and oxygen atoms in total. The van der Waals surface area contributed by atoms with Gasteiger partial charge in [0.15, 0.2) is 0 Å². The molecule has 0 radical (unpaired) electrons. The number of aromatic amines is 1. The highest BCUT2D eigenvalue weighted by atomic mass is 19.1. The van der Waals surface area contributed by atoms with E-state index in [-0.39, 0.29) is 17.0 Å². The first kappa shape index (κ1) is 14.7. The fraction of sp³-hybridized carbons (Fsp3) is 0.400. The molecule has 0 saturated carbocycles. The number of rotatable bonds is 4. The van der Waals surface area contributed by atoms with Gasteiger partial charge in [0.2, 0.25) is 0 Å². The number of halogens is 2. The third kappa shape index (κ3) is 2.72. The second-order valence-electron chi connectivity index (χ2n) is 5.35. The zero-order valence-corrected chi connectivity index (χ0v) is 11.9. The fourth-order valence-corrected chi connectivity index (χ4v) is 2.21. The second-order valence-corrected chi connectivity index (χ2v) is 5.35. The summed E-state index contributed by atoms with van der Waals surface area (Å²) in [5.41, 5.74) is 6.67. The van der Waals surface area contributed by atoms with Crippen LogP contribution in [0, 0.1) is 24.5 Å². The van der Waals surface area contributed by atoms with E-state index in [4.69, 9.17) is 5.73 Å².